The van der Waals surface area contributed by atoms with E-state index in [1.54, 1.807) is 18.4 Å². The van der Waals surface area contributed by atoms with Crippen LogP contribution in [-0.2, 0) is 0 Å². The van der Waals surface area contributed by atoms with Gasteiger partial charge in [-0.15, -0.1) is 0 Å². The number of benzene rings is 1. The second kappa shape index (κ2) is 6.89. The van der Waals surface area contributed by atoms with Crippen molar-refractivity contribution in [2.45, 2.75) is 26.0 Å². The number of nitrogens with one attached hydrogen (secondary N) is 1. The van der Waals surface area contributed by atoms with E-state index in [1.165, 1.54) is 0 Å². The number of fused-ring (bicyclic) bond motifs is 1. The second-order valence-electron chi connectivity index (χ2n) is 5.42. The van der Waals surface area contributed by atoms with Gasteiger partial charge in [0.05, 0.1) is 18.9 Å². The van der Waals surface area contributed by atoms with Crippen LogP contribution >= 0.6 is 0 Å². The normalized spacial score (nSPS) is 14.0. The Hall–Kier alpha value is -2.24. The molecule has 3 rings (SSSR count). The molecule has 122 valence electrons. The molecule has 5 heteroatoms. The minimum Gasteiger partial charge on any atom is -0.490 e. The van der Waals surface area contributed by atoms with E-state index in [2.05, 4.69) is 5.32 Å². The van der Waals surface area contributed by atoms with Crippen LogP contribution in [0.3, 0.4) is 0 Å². The van der Waals surface area contributed by atoms with Crippen molar-refractivity contribution in [3.05, 3.63) is 54.2 Å². The van der Waals surface area contributed by atoms with Crippen LogP contribution in [0.1, 0.15) is 37.5 Å². The summed E-state index contributed by atoms with van der Waals surface area (Å²) in [5.74, 6) is 2.10. The van der Waals surface area contributed by atoms with E-state index in [0.717, 1.165) is 22.5 Å². The highest BCUT2D eigenvalue weighted by atomic mass is 16.5. The lowest BCUT2D eigenvalue weighted by Crippen LogP contribution is -2.24. The van der Waals surface area contributed by atoms with Gasteiger partial charge in [0.25, 0.3) is 0 Å². The SMILES string of the molecule is CCOc1cccc2cc(C(C)NCC(O)c3ccco3)oc12. The Kier molecular flexibility index (Phi) is 4.69. The van der Waals surface area contributed by atoms with Gasteiger partial charge in [-0.25, -0.2) is 0 Å². The first-order valence-corrected chi connectivity index (χ1v) is 7.79. The maximum absolute atomic E-state index is 10.1. The molecule has 5 nitrogen and oxygen atoms in total. The van der Waals surface area contributed by atoms with Crippen LogP contribution in [0.5, 0.6) is 5.75 Å². The van der Waals surface area contributed by atoms with Crippen molar-refractivity contribution < 1.29 is 18.7 Å². The average molecular weight is 315 g/mol. The lowest BCUT2D eigenvalue weighted by molar-refractivity contribution is 0.143. The maximum atomic E-state index is 10.1. The van der Waals surface area contributed by atoms with Gasteiger partial charge in [-0.05, 0) is 38.1 Å². The number of rotatable bonds is 7. The zero-order valence-electron chi connectivity index (χ0n) is 13.3. The molecule has 0 radical (unpaired) electrons. The first kappa shape index (κ1) is 15.6. The Morgan fingerprint density at radius 3 is 2.83 bits per heavy atom. The molecule has 0 spiro atoms. The van der Waals surface area contributed by atoms with E-state index in [0.29, 0.717) is 18.9 Å². The third-order valence-corrected chi connectivity index (χ3v) is 3.74. The molecule has 2 unspecified atom stereocenters. The molecule has 0 aliphatic heterocycles. The predicted octanol–water partition coefficient (Wildman–Crippen LogP) is 3.81. The molecule has 1 aromatic carbocycles. The van der Waals surface area contributed by atoms with Gasteiger partial charge in [-0.1, -0.05) is 12.1 Å². The highest BCUT2D eigenvalue weighted by molar-refractivity contribution is 5.83. The van der Waals surface area contributed by atoms with Crippen LogP contribution in [0.25, 0.3) is 11.0 Å². The fraction of sp³-hybridized carbons (Fsp3) is 0.333. The molecule has 0 aliphatic rings. The Morgan fingerprint density at radius 1 is 1.22 bits per heavy atom. The van der Waals surface area contributed by atoms with Crippen LogP contribution in [-0.4, -0.2) is 18.3 Å². The second-order valence-corrected chi connectivity index (χ2v) is 5.42. The number of hydrogen-bond acceptors (Lipinski definition) is 5. The van der Waals surface area contributed by atoms with Gasteiger partial charge in [-0.3, -0.25) is 0 Å². The monoisotopic (exact) mass is 315 g/mol. The van der Waals surface area contributed by atoms with E-state index in [-0.39, 0.29) is 6.04 Å². The number of aliphatic hydroxyl groups is 1. The lowest BCUT2D eigenvalue weighted by atomic mass is 10.2. The molecule has 2 aromatic heterocycles. The van der Waals surface area contributed by atoms with Gasteiger partial charge < -0.3 is 24.0 Å². The standard InChI is InChI=1S/C18H21NO4/c1-3-21-16-7-4-6-13-10-17(23-18(13)16)12(2)19-11-14(20)15-8-5-9-22-15/h4-10,12,14,19-20H,3,11H2,1-2H3. The summed E-state index contributed by atoms with van der Waals surface area (Å²) >= 11 is 0. The van der Waals surface area contributed by atoms with Gasteiger partial charge >= 0.3 is 0 Å². The van der Waals surface area contributed by atoms with Crippen LogP contribution in [0, 0.1) is 0 Å². The molecule has 0 fully saturated rings. The smallest absolute Gasteiger partial charge is 0.176 e. The van der Waals surface area contributed by atoms with Crippen molar-refractivity contribution in [3.63, 3.8) is 0 Å². The molecule has 0 amide bonds. The average Bonchev–Trinajstić information content (AvgIpc) is 3.22. The third kappa shape index (κ3) is 3.41. The maximum Gasteiger partial charge on any atom is 0.176 e. The lowest BCUT2D eigenvalue weighted by Gasteiger charge is -2.14. The molecule has 0 saturated carbocycles. The van der Waals surface area contributed by atoms with Crippen LogP contribution in [0.2, 0.25) is 0 Å². The summed E-state index contributed by atoms with van der Waals surface area (Å²) in [6, 6.07) is 11.3. The van der Waals surface area contributed by atoms with Crippen molar-refractivity contribution in [1.82, 2.24) is 5.32 Å². The molecule has 2 N–H and O–H groups in total. The zero-order valence-corrected chi connectivity index (χ0v) is 13.3. The Bertz CT molecular complexity index is 748. The summed E-state index contributed by atoms with van der Waals surface area (Å²) in [7, 11) is 0. The van der Waals surface area contributed by atoms with E-state index >= 15 is 0 Å². The van der Waals surface area contributed by atoms with Crippen molar-refractivity contribution in [2.24, 2.45) is 0 Å². The summed E-state index contributed by atoms with van der Waals surface area (Å²) in [5.41, 5.74) is 0.754. The van der Waals surface area contributed by atoms with Gasteiger partial charge in [0.1, 0.15) is 17.6 Å². The van der Waals surface area contributed by atoms with E-state index in [1.807, 2.05) is 38.1 Å². The molecule has 0 bridgehead atoms. The quantitative estimate of drug-likeness (QED) is 0.694. The molecular weight excluding hydrogens is 294 g/mol. The first-order valence-electron chi connectivity index (χ1n) is 7.79. The fourth-order valence-corrected chi connectivity index (χ4v) is 2.51. The summed E-state index contributed by atoms with van der Waals surface area (Å²) in [6.45, 7) is 4.91. The van der Waals surface area contributed by atoms with Crippen LogP contribution in [0.4, 0.5) is 0 Å². The summed E-state index contributed by atoms with van der Waals surface area (Å²) in [6.07, 6.45) is 0.868. The number of para-hydroxylation sites is 1. The number of hydrogen-bond donors (Lipinski definition) is 2. The van der Waals surface area contributed by atoms with Crippen molar-refractivity contribution in [3.8, 4) is 5.75 Å². The topological polar surface area (TPSA) is 67.8 Å². The number of aliphatic hydroxyl groups excluding tert-OH is 1. The Balaban J connectivity index is 1.71. The summed E-state index contributed by atoms with van der Waals surface area (Å²) < 4.78 is 16.7. The highest BCUT2D eigenvalue weighted by Gasteiger charge is 2.16. The molecular formula is C18H21NO4. The highest BCUT2D eigenvalue weighted by Crippen LogP contribution is 2.31. The van der Waals surface area contributed by atoms with Crippen LogP contribution < -0.4 is 10.1 Å². The summed E-state index contributed by atoms with van der Waals surface area (Å²) in [4.78, 5) is 0. The van der Waals surface area contributed by atoms with Crippen molar-refractivity contribution >= 4 is 11.0 Å². The summed E-state index contributed by atoms with van der Waals surface area (Å²) in [5, 5.41) is 14.3. The van der Waals surface area contributed by atoms with Gasteiger partial charge in [-0.2, -0.15) is 0 Å². The van der Waals surface area contributed by atoms with E-state index < -0.39 is 6.10 Å². The minimum absolute atomic E-state index is 0.0403. The molecule has 2 heterocycles. The molecule has 0 saturated heterocycles. The van der Waals surface area contributed by atoms with E-state index in [9.17, 15) is 5.11 Å². The Labute approximate surface area is 134 Å². The minimum atomic E-state index is -0.684. The van der Waals surface area contributed by atoms with Crippen molar-refractivity contribution in [1.29, 1.82) is 0 Å². The third-order valence-electron chi connectivity index (χ3n) is 3.74. The molecule has 23 heavy (non-hydrogen) atoms. The Morgan fingerprint density at radius 2 is 2.09 bits per heavy atom. The van der Waals surface area contributed by atoms with Crippen LogP contribution in [0.15, 0.2) is 51.5 Å². The van der Waals surface area contributed by atoms with Gasteiger partial charge in [0.15, 0.2) is 11.3 Å². The largest absolute Gasteiger partial charge is 0.490 e. The predicted molar refractivity (Wildman–Crippen MR) is 87.5 cm³/mol. The molecule has 2 atom stereocenters. The molecule has 3 aromatic rings. The number of ether oxygens (including phenoxy) is 1. The van der Waals surface area contributed by atoms with Gasteiger partial charge in [0, 0.05) is 11.9 Å². The number of furan rings is 2. The zero-order chi connectivity index (χ0) is 16.2. The van der Waals surface area contributed by atoms with Crippen molar-refractivity contribution in [2.75, 3.05) is 13.2 Å². The van der Waals surface area contributed by atoms with Gasteiger partial charge in [0.2, 0.25) is 0 Å². The molecule has 0 aliphatic carbocycles. The fourth-order valence-electron chi connectivity index (χ4n) is 2.51. The first-order chi connectivity index (χ1) is 11.2. The van der Waals surface area contributed by atoms with E-state index in [4.69, 9.17) is 13.6 Å².